The van der Waals surface area contributed by atoms with Gasteiger partial charge in [0.25, 0.3) is 0 Å². The molecule has 6 nitrogen and oxygen atoms in total. The maximum Gasteiger partial charge on any atom is 0.188 e. The third kappa shape index (κ3) is 4.04. The average molecular weight is 286 g/mol. The van der Waals surface area contributed by atoms with E-state index in [4.69, 9.17) is 14.7 Å². The van der Waals surface area contributed by atoms with E-state index in [9.17, 15) is 0 Å². The van der Waals surface area contributed by atoms with Crippen molar-refractivity contribution >= 4 is 0 Å². The normalized spacial score (nSPS) is 10.3. The van der Waals surface area contributed by atoms with Gasteiger partial charge in [0, 0.05) is 20.1 Å². The van der Waals surface area contributed by atoms with Crippen molar-refractivity contribution in [1.82, 2.24) is 15.0 Å². The van der Waals surface area contributed by atoms with Crippen LogP contribution >= 0.6 is 0 Å². The summed E-state index contributed by atoms with van der Waals surface area (Å²) in [6.07, 6.45) is 0.777. The lowest BCUT2D eigenvalue weighted by Gasteiger charge is -2.08. The standard InChI is InChI=1S/C15H18N4O2/c1-12-4-6-13(7-5-12)21-9-3-8-19-15(11-20-2)14(10-16)17-18-19/h4-7H,3,8-9,11H2,1-2H3. The van der Waals surface area contributed by atoms with Crippen LogP contribution in [0.3, 0.4) is 0 Å². The molecule has 0 fully saturated rings. The van der Waals surface area contributed by atoms with Gasteiger partial charge in [-0.25, -0.2) is 4.68 Å². The molecule has 0 amide bonds. The third-order valence-electron chi connectivity index (χ3n) is 3.03. The monoisotopic (exact) mass is 286 g/mol. The first-order valence-electron chi connectivity index (χ1n) is 6.75. The fourth-order valence-corrected chi connectivity index (χ4v) is 1.92. The molecule has 21 heavy (non-hydrogen) atoms. The largest absolute Gasteiger partial charge is 0.494 e. The highest BCUT2D eigenvalue weighted by molar-refractivity contribution is 5.26. The Kier molecular flexibility index (Phi) is 5.29. The smallest absolute Gasteiger partial charge is 0.188 e. The summed E-state index contributed by atoms with van der Waals surface area (Å²) in [7, 11) is 1.58. The number of nitrogens with zero attached hydrogens (tertiary/aromatic N) is 4. The van der Waals surface area contributed by atoms with E-state index in [1.54, 1.807) is 11.8 Å². The zero-order valence-corrected chi connectivity index (χ0v) is 12.2. The summed E-state index contributed by atoms with van der Waals surface area (Å²) in [6.45, 7) is 3.59. The molecule has 0 atom stereocenters. The van der Waals surface area contributed by atoms with E-state index < -0.39 is 0 Å². The Balaban J connectivity index is 1.85. The fraction of sp³-hybridized carbons (Fsp3) is 0.400. The molecule has 0 saturated heterocycles. The van der Waals surface area contributed by atoms with Gasteiger partial charge in [-0.1, -0.05) is 22.9 Å². The van der Waals surface area contributed by atoms with Crippen LogP contribution in [0.4, 0.5) is 0 Å². The van der Waals surface area contributed by atoms with Crippen molar-refractivity contribution in [2.45, 2.75) is 26.5 Å². The highest BCUT2D eigenvalue weighted by atomic mass is 16.5. The van der Waals surface area contributed by atoms with Crippen LogP contribution in [-0.2, 0) is 17.9 Å². The first-order valence-corrected chi connectivity index (χ1v) is 6.75. The Morgan fingerprint density at radius 1 is 1.29 bits per heavy atom. The summed E-state index contributed by atoms with van der Waals surface area (Å²) in [5, 5.41) is 16.8. The summed E-state index contributed by atoms with van der Waals surface area (Å²) >= 11 is 0. The summed E-state index contributed by atoms with van der Waals surface area (Å²) in [4.78, 5) is 0. The van der Waals surface area contributed by atoms with E-state index in [0.29, 0.717) is 31.1 Å². The topological polar surface area (TPSA) is 73.0 Å². The molecule has 0 saturated carbocycles. The number of nitriles is 1. The van der Waals surface area contributed by atoms with Crippen molar-refractivity contribution in [3.05, 3.63) is 41.2 Å². The lowest BCUT2D eigenvalue weighted by molar-refractivity contribution is 0.175. The quantitative estimate of drug-likeness (QED) is 0.728. The van der Waals surface area contributed by atoms with E-state index in [1.165, 1.54) is 5.56 Å². The Morgan fingerprint density at radius 3 is 2.71 bits per heavy atom. The molecule has 1 aromatic carbocycles. The molecule has 0 bridgehead atoms. The molecule has 0 aliphatic rings. The van der Waals surface area contributed by atoms with Gasteiger partial charge in [-0.2, -0.15) is 5.26 Å². The van der Waals surface area contributed by atoms with Crippen molar-refractivity contribution in [2.75, 3.05) is 13.7 Å². The molecule has 2 aromatic rings. The molecule has 6 heteroatoms. The van der Waals surface area contributed by atoms with Gasteiger partial charge in [0.1, 0.15) is 17.5 Å². The van der Waals surface area contributed by atoms with Gasteiger partial charge in [0.2, 0.25) is 0 Å². The number of benzene rings is 1. The highest BCUT2D eigenvalue weighted by Crippen LogP contribution is 2.12. The van der Waals surface area contributed by atoms with Gasteiger partial charge in [0.05, 0.1) is 13.2 Å². The van der Waals surface area contributed by atoms with Crippen molar-refractivity contribution in [2.24, 2.45) is 0 Å². The minimum absolute atomic E-state index is 0.316. The van der Waals surface area contributed by atoms with Crippen LogP contribution in [-0.4, -0.2) is 28.7 Å². The van der Waals surface area contributed by atoms with Gasteiger partial charge < -0.3 is 9.47 Å². The molecule has 0 aliphatic heterocycles. The van der Waals surface area contributed by atoms with Crippen molar-refractivity contribution in [3.63, 3.8) is 0 Å². The van der Waals surface area contributed by atoms with Crippen LogP contribution < -0.4 is 4.74 Å². The number of aryl methyl sites for hydroxylation is 2. The van der Waals surface area contributed by atoms with E-state index in [2.05, 4.69) is 10.3 Å². The molecule has 1 heterocycles. The van der Waals surface area contributed by atoms with Gasteiger partial charge in [-0.15, -0.1) is 5.10 Å². The zero-order valence-electron chi connectivity index (χ0n) is 12.2. The third-order valence-corrected chi connectivity index (χ3v) is 3.03. The maximum atomic E-state index is 8.95. The molecule has 0 aliphatic carbocycles. The maximum absolute atomic E-state index is 8.95. The number of hydrogen-bond acceptors (Lipinski definition) is 5. The van der Waals surface area contributed by atoms with E-state index in [1.807, 2.05) is 37.3 Å². The molecule has 0 N–H and O–H groups in total. The zero-order chi connectivity index (χ0) is 15.1. The predicted molar refractivity (Wildman–Crippen MR) is 76.7 cm³/mol. The first kappa shape index (κ1) is 15.0. The van der Waals surface area contributed by atoms with Crippen LogP contribution in [0.25, 0.3) is 0 Å². The highest BCUT2D eigenvalue weighted by Gasteiger charge is 2.11. The van der Waals surface area contributed by atoms with Crippen LogP contribution in [0.5, 0.6) is 5.75 Å². The Labute approximate surface area is 123 Å². The van der Waals surface area contributed by atoms with Crippen LogP contribution in [0.2, 0.25) is 0 Å². The summed E-state index contributed by atoms with van der Waals surface area (Å²) in [5.41, 5.74) is 2.23. The molecular weight excluding hydrogens is 268 g/mol. The summed E-state index contributed by atoms with van der Waals surface area (Å²) in [5.74, 6) is 0.856. The Bertz CT molecular complexity index is 614. The SMILES string of the molecule is COCc1c(C#N)nnn1CCCOc1ccc(C)cc1. The van der Waals surface area contributed by atoms with Crippen LogP contribution in [0.1, 0.15) is 23.4 Å². The van der Waals surface area contributed by atoms with Gasteiger partial charge in [-0.05, 0) is 19.1 Å². The second-order valence-electron chi connectivity index (χ2n) is 4.67. The van der Waals surface area contributed by atoms with Gasteiger partial charge >= 0.3 is 0 Å². The summed E-state index contributed by atoms with van der Waals surface area (Å²) < 4.78 is 12.4. The number of rotatable bonds is 7. The number of aromatic nitrogens is 3. The number of ether oxygens (including phenoxy) is 2. The van der Waals surface area contributed by atoms with Crippen LogP contribution in [0, 0.1) is 18.3 Å². The van der Waals surface area contributed by atoms with Crippen LogP contribution in [0.15, 0.2) is 24.3 Å². The lowest BCUT2D eigenvalue weighted by atomic mass is 10.2. The van der Waals surface area contributed by atoms with E-state index >= 15 is 0 Å². The van der Waals surface area contributed by atoms with Crippen molar-refractivity contribution in [3.8, 4) is 11.8 Å². The van der Waals surface area contributed by atoms with E-state index in [-0.39, 0.29) is 0 Å². The number of hydrogen-bond donors (Lipinski definition) is 0. The van der Waals surface area contributed by atoms with Crippen molar-refractivity contribution < 1.29 is 9.47 Å². The van der Waals surface area contributed by atoms with Gasteiger partial charge in [0.15, 0.2) is 5.69 Å². The minimum Gasteiger partial charge on any atom is -0.494 e. The fourth-order valence-electron chi connectivity index (χ4n) is 1.92. The molecular formula is C15H18N4O2. The van der Waals surface area contributed by atoms with Crippen molar-refractivity contribution in [1.29, 1.82) is 5.26 Å². The predicted octanol–water partition coefficient (Wildman–Crippen LogP) is 2.07. The molecule has 0 radical (unpaired) electrons. The average Bonchev–Trinajstić information content (AvgIpc) is 2.88. The summed E-state index contributed by atoms with van der Waals surface area (Å²) in [6, 6.07) is 9.96. The molecule has 110 valence electrons. The minimum atomic E-state index is 0.316. The lowest BCUT2D eigenvalue weighted by Crippen LogP contribution is -2.10. The second-order valence-corrected chi connectivity index (χ2v) is 4.67. The molecule has 0 unspecified atom stereocenters. The number of methoxy groups -OCH3 is 1. The first-order chi connectivity index (χ1) is 10.2. The molecule has 0 spiro atoms. The molecule has 1 aromatic heterocycles. The second kappa shape index (κ2) is 7.41. The van der Waals surface area contributed by atoms with Gasteiger partial charge in [-0.3, -0.25) is 0 Å². The Hall–Kier alpha value is -2.39. The van der Waals surface area contributed by atoms with E-state index in [0.717, 1.165) is 12.2 Å². The Morgan fingerprint density at radius 2 is 2.05 bits per heavy atom. The molecule has 2 rings (SSSR count).